The zero-order valence-corrected chi connectivity index (χ0v) is 12.6. The van der Waals surface area contributed by atoms with E-state index in [2.05, 4.69) is 15.9 Å². The maximum atomic E-state index is 11.8. The molecule has 0 aliphatic rings. The van der Waals surface area contributed by atoms with Crippen LogP contribution in [0.25, 0.3) is 0 Å². The lowest BCUT2D eigenvalue weighted by molar-refractivity contribution is 0.0719. The summed E-state index contributed by atoms with van der Waals surface area (Å²) in [6, 6.07) is 4.52. The topological polar surface area (TPSA) is 55.4 Å². The van der Waals surface area contributed by atoms with Crippen molar-refractivity contribution in [2.24, 2.45) is 5.92 Å². The Balaban J connectivity index is 2.83. The van der Waals surface area contributed by atoms with Gasteiger partial charge in [-0.1, -0.05) is 46.3 Å². The fourth-order valence-corrected chi connectivity index (χ4v) is 2.87. The van der Waals surface area contributed by atoms with Gasteiger partial charge in [0.2, 0.25) is 0 Å². The molecule has 0 saturated carbocycles. The summed E-state index contributed by atoms with van der Waals surface area (Å²) < 4.78 is 24.3. The highest BCUT2D eigenvalue weighted by Crippen LogP contribution is 2.24. The molecule has 1 aromatic carbocycles. The van der Waals surface area contributed by atoms with E-state index in [4.69, 9.17) is 16.4 Å². The number of hydrogen-bond donors (Lipinski definition) is 1. The summed E-state index contributed by atoms with van der Waals surface area (Å²) in [5, 5.41) is 0.139. The van der Waals surface area contributed by atoms with Crippen molar-refractivity contribution in [3.05, 3.63) is 27.7 Å². The molecule has 4 nitrogen and oxygen atoms in total. The molecule has 0 unspecified atom stereocenters. The summed E-state index contributed by atoms with van der Waals surface area (Å²) in [6.45, 7) is 4.13. The second-order valence-electron chi connectivity index (χ2n) is 3.87. The first-order valence-electron chi connectivity index (χ1n) is 4.91. The first-order chi connectivity index (χ1) is 7.83. The molecular formula is C10H13BrClNO3S. The van der Waals surface area contributed by atoms with Crippen LogP contribution in [-0.2, 0) is 14.9 Å². The largest absolute Gasteiger partial charge is 0.287 e. The molecular weight excluding hydrogens is 330 g/mol. The zero-order valence-electron chi connectivity index (χ0n) is 9.41. The summed E-state index contributed by atoms with van der Waals surface area (Å²) in [5.41, 5.74) is 0. The molecule has 1 aromatic rings. The van der Waals surface area contributed by atoms with E-state index in [9.17, 15) is 8.42 Å². The number of benzene rings is 1. The van der Waals surface area contributed by atoms with Crippen LogP contribution in [0.2, 0.25) is 5.02 Å². The van der Waals surface area contributed by atoms with Crippen molar-refractivity contribution in [1.82, 2.24) is 4.89 Å². The van der Waals surface area contributed by atoms with E-state index < -0.39 is 10.0 Å². The number of hydrogen-bond acceptors (Lipinski definition) is 3. The molecule has 0 amide bonds. The lowest BCUT2D eigenvalue weighted by atomic mass is 10.2. The quantitative estimate of drug-likeness (QED) is 0.837. The molecule has 0 heterocycles. The summed E-state index contributed by atoms with van der Waals surface area (Å²) in [6.07, 6.45) is 0. The van der Waals surface area contributed by atoms with Gasteiger partial charge in [-0.05, 0) is 24.1 Å². The van der Waals surface area contributed by atoms with Crippen LogP contribution in [0.15, 0.2) is 27.6 Å². The molecule has 0 saturated heterocycles. The molecule has 0 aliphatic carbocycles. The second kappa shape index (κ2) is 6.15. The number of rotatable bonds is 5. The number of sulfonamides is 1. The summed E-state index contributed by atoms with van der Waals surface area (Å²) in [4.78, 5) is 6.92. The second-order valence-corrected chi connectivity index (χ2v) is 6.80. The van der Waals surface area contributed by atoms with Crippen LogP contribution < -0.4 is 4.89 Å². The van der Waals surface area contributed by atoms with Gasteiger partial charge in [-0.15, -0.1) is 0 Å². The molecule has 0 radical (unpaired) electrons. The van der Waals surface area contributed by atoms with Gasteiger partial charge in [-0.2, -0.15) is 0 Å². The minimum absolute atomic E-state index is 0.00822. The van der Waals surface area contributed by atoms with Gasteiger partial charge in [0.15, 0.2) is 0 Å². The van der Waals surface area contributed by atoms with Crippen LogP contribution in [0, 0.1) is 5.92 Å². The van der Waals surface area contributed by atoms with Crippen LogP contribution in [0.1, 0.15) is 13.8 Å². The van der Waals surface area contributed by atoms with Crippen molar-refractivity contribution >= 4 is 37.6 Å². The van der Waals surface area contributed by atoms with Gasteiger partial charge in [-0.3, -0.25) is 4.84 Å². The molecule has 0 bridgehead atoms. The van der Waals surface area contributed by atoms with Crippen LogP contribution in [0.4, 0.5) is 0 Å². The van der Waals surface area contributed by atoms with Crippen LogP contribution in [-0.4, -0.2) is 15.0 Å². The predicted octanol–water partition coefficient (Wildman–Crippen LogP) is 2.97. The highest BCUT2D eigenvalue weighted by molar-refractivity contribution is 9.10. The van der Waals surface area contributed by atoms with E-state index in [1.54, 1.807) is 6.07 Å². The monoisotopic (exact) mass is 341 g/mol. The lowest BCUT2D eigenvalue weighted by Gasteiger charge is -2.10. The highest BCUT2D eigenvalue weighted by Gasteiger charge is 2.18. The third-order valence-electron chi connectivity index (χ3n) is 1.77. The van der Waals surface area contributed by atoms with E-state index in [0.29, 0.717) is 11.1 Å². The molecule has 0 spiro atoms. The molecule has 7 heteroatoms. The Morgan fingerprint density at radius 1 is 1.47 bits per heavy atom. The normalized spacial score (nSPS) is 12.1. The minimum Gasteiger partial charge on any atom is -0.287 e. The Labute approximate surface area is 114 Å². The Morgan fingerprint density at radius 3 is 2.65 bits per heavy atom. The standard InChI is InChI=1S/C10H13BrClNO3S/c1-7(2)6-16-13-17(14,15)10-4-3-8(11)5-9(10)12/h3-5,7,13H,6H2,1-2H3. The highest BCUT2D eigenvalue weighted by atomic mass is 79.9. The fraction of sp³-hybridized carbons (Fsp3) is 0.400. The number of nitrogens with one attached hydrogen (secondary N) is 1. The van der Waals surface area contributed by atoms with E-state index >= 15 is 0 Å². The third-order valence-corrected chi connectivity index (χ3v) is 3.96. The SMILES string of the molecule is CC(C)CONS(=O)(=O)c1ccc(Br)cc1Cl. The predicted molar refractivity (Wildman–Crippen MR) is 70.3 cm³/mol. The van der Waals surface area contributed by atoms with Gasteiger partial charge in [0, 0.05) is 4.47 Å². The zero-order chi connectivity index (χ0) is 13.1. The first kappa shape index (κ1) is 14.9. The van der Waals surface area contributed by atoms with Crippen molar-refractivity contribution in [2.75, 3.05) is 6.61 Å². The van der Waals surface area contributed by atoms with Gasteiger partial charge in [-0.25, -0.2) is 8.42 Å². The van der Waals surface area contributed by atoms with Crippen molar-refractivity contribution in [2.45, 2.75) is 18.7 Å². The fourth-order valence-electron chi connectivity index (χ4n) is 1.02. The first-order valence-corrected chi connectivity index (χ1v) is 7.57. The Kier molecular flexibility index (Phi) is 5.40. The van der Waals surface area contributed by atoms with Crippen LogP contribution in [0.5, 0.6) is 0 Å². The molecule has 0 aromatic heterocycles. The Bertz CT molecular complexity index is 490. The average molecular weight is 343 g/mol. The Hall–Kier alpha value is -0.140. The van der Waals surface area contributed by atoms with Gasteiger partial charge in [0.05, 0.1) is 11.6 Å². The molecule has 96 valence electrons. The third kappa shape index (κ3) is 4.56. The molecule has 0 aliphatic heterocycles. The van der Waals surface area contributed by atoms with Gasteiger partial charge >= 0.3 is 0 Å². The summed E-state index contributed by atoms with van der Waals surface area (Å²) >= 11 is 9.05. The average Bonchev–Trinajstić information content (AvgIpc) is 2.15. The van der Waals surface area contributed by atoms with E-state index in [1.807, 2.05) is 18.7 Å². The summed E-state index contributed by atoms with van der Waals surface area (Å²) in [5.74, 6) is 0.234. The van der Waals surface area contributed by atoms with Crippen molar-refractivity contribution in [3.8, 4) is 0 Å². The van der Waals surface area contributed by atoms with Crippen molar-refractivity contribution in [1.29, 1.82) is 0 Å². The molecule has 0 fully saturated rings. The number of halogens is 2. The van der Waals surface area contributed by atoms with Crippen LogP contribution >= 0.6 is 27.5 Å². The molecule has 1 rings (SSSR count). The van der Waals surface area contributed by atoms with Crippen molar-refractivity contribution in [3.63, 3.8) is 0 Å². The van der Waals surface area contributed by atoms with Gasteiger partial charge in [0.1, 0.15) is 4.90 Å². The van der Waals surface area contributed by atoms with Gasteiger partial charge < -0.3 is 0 Å². The van der Waals surface area contributed by atoms with E-state index in [1.165, 1.54) is 12.1 Å². The van der Waals surface area contributed by atoms with Crippen LogP contribution in [0.3, 0.4) is 0 Å². The smallest absolute Gasteiger partial charge is 0.263 e. The minimum atomic E-state index is -3.73. The van der Waals surface area contributed by atoms with Crippen molar-refractivity contribution < 1.29 is 13.3 Å². The maximum absolute atomic E-state index is 11.8. The maximum Gasteiger partial charge on any atom is 0.263 e. The summed E-state index contributed by atoms with van der Waals surface area (Å²) in [7, 11) is -3.73. The van der Waals surface area contributed by atoms with E-state index in [0.717, 1.165) is 0 Å². The molecule has 1 N–H and O–H groups in total. The van der Waals surface area contributed by atoms with E-state index in [-0.39, 0.29) is 15.8 Å². The Morgan fingerprint density at radius 2 is 2.12 bits per heavy atom. The van der Waals surface area contributed by atoms with Gasteiger partial charge in [0.25, 0.3) is 10.0 Å². The lowest BCUT2D eigenvalue weighted by Crippen LogP contribution is -2.26. The molecule has 17 heavy (non-hydrogen) atoms. The molecule has 0 atom stereocenters.